The molecule has 0 spiro atoms. The van der Waals surface area contributed by atoms with E-state index in [0.29, 0.717) is 15.6 Å². The molecular formula is C14H11ClN2O4S. The van der Waals surface area contributed by atoms with Crippen LogP contribution in [0.2, 0.25) is 5.02 Å². The molecule has 3 amide bonds. The quantitative estimate of drug-likeness (QED) is 0.900. The minimum atomic E-state index is -0.869. The molecule has 0 aliphatic rings. The van der Waals surface area contributed by atoms with Crippen LogP contribution in [0.3, 0.4) is 0 Å². The van der Waals surface area contributed by atoms with Gasteiger partial charge in [0.2, 0.25) is 0 Å². The van der Waals surface area contributed by atoms with Crippen molar-refractivity contribution in [2.24, 2.45) is 0 Å². The Kier molecular flexibility index (Phi) is 5.13. The molecule has 0 unspecified atom stereocenters. The van der Waals surface area contributed by atoms with E-state index in [-0.39, 0.29) is 11.5 Å². The fourth-order valence-electron chi connectivity index (χ4n) is 1.57. The second-order valence-corrected chi connectivity index (χ2v) is 5.42. The van der Waals surface area contributed by atoms with E-state index in [2.05, 4.69) is 10.1 Å². The first-order valence-electron chi connectivity index (χ1n) is 6.05. The summed E-state index contributed by atoms with van der Waals surface area (Å²) in [5.74, 6) is -1.04. The van der Waals surface area contributed by atoms with Gasteiger partial charge in [0.05, 0.1) is 12.7 Å². The van der Waals surface area contributed by atoms with Crippen LogP contribution < -0.4 is 10.6 Å². The summed E-state index contributed by atoms with van der Waals surface area (Å²) in [6, 6.07) is 7.82. The number of thiophene rings is 1. The molecule has 2 aromatic rings. The summed E-state index contributed by atoms with van der Waals surface area (Å²) in [6.45, 7) is 0. The van der Waals surface area contributed by atoms with Gasteiger partial charge >= 0.3 is 6.09 Å². The van der Waals surface area contributed by atoms with Crippen molar-refractivity contribution in [2.45, 2.75) is 0 Å². The summed E-state index contributed by atoms with van der Waals surface area (Å²) in [6.07, 6.45) is -0.869. The summed E-state index contributed by atoms with van der Waals surface area (Å²) in [5, 5.41) is 7.14. The average Bonchev–Trinajstić information content (AvgIpc) is 2.95. The highest BCUT2D eigenvalue weighted by molar-refractivity contribution is 7.14. The Balaban J connectivity index is 2.12. The van der Waals surface area contributed by atoms with Gasteiger partial charge in [-0.25, -0.2) is 4.79 Å². The zero-order valence-corrected chi connectivity index (χ0v) is 13.0. The molecule has 0 saturated heterocycles. The number of benzene rings is 1. The lowest BCUT2D eigenvalue weighted by Crippen LogP contribution is -2.30. The van der Waals surface area contributed by atoms with Gasteiger partial charge in [-0.2, -0.15) is 0 Å². The predicted octanol–water partition coefficient (Wildman–Crippen LogP) is 3.15. The average molecular weight is 339 g/mol. The smallest absolute Gasteiger partial charge is 0.413 e. The van der Waals surface area contributed by atoms with E-state index < -0.39 is 12.0 Å². The van der Waals surface area contributed by atoms with Crippen molar-refractivity contribution in [1.82, 2.24) is 5.32 Å². The molecule has 8 heteroatoms. The number of carbonyl (C=O) groups excluding carboxylic acids is 3. The third-order valence-corrected chi connectivity index (χ3v) is 3.73. The molecule has 22 heavy (non-hydrogen) atoms. The van der Waals surface area contributed by atoms with E-state index in [1.807, 2.05) is 5.32 Å². The van der Waals surface area contributed by atoms with Gasteiger partial charge in [-0.3, -0.25) is 14.9 Å². The number of rotatable bonds is 3. The standard InChI is InChI=1S/C14H11ClN2O4S/c1-21-14(20)17-12(19)10-6-7-22-13(10)16-11(18)8-2-4-9(15)5-3-8/h2-7H,1H3,(H,16,18)(H,17,19,20). The number of anilines is 1. The van der Waals surface area contributed by atoms with Crippen molar-refractivity contribution in [3.05, 3.63) is 51.9 Å². The van der Waals surface area contributed by atoms with Gasteiger partial charge in [0.25, 0.3) is 11.8 Å². The molecule has 0 fully saturated rings. The van der Waals surface area contributed by atoms with Gasteiger partial charge in [0, 0.05) is 10.6 Å². The summed E-state index contributed by atoms with van der Waals surface area (Å²) in [5.41, 5.74) is 0.579. The molecule has 0 aliphatic heterocycles. The van der Waals surface area contributed by atoms with Gasteiger partial charge in [0.1, 0.15) is 5.00 Å². The highest BCUT2D eigenvalue weighted by atomic mass is 35.5. The maximum Gasteiger partial charge on any atom is 0.413 e. The number of methoxy groups -OCH3 is 1. The number of ether oxygens (including phenoxy) is 1. The number of alkyl carbamates (subject to hydrolysis) is 1. The first-order chi connectivity index (χ1) is 10.5. The van der Waals surface area contributed by atoms with Crippen molar-refractivity contribution < 1.29 is 19.1 Å². The van der Waals surface area contributed by atoms with Crippen LogP contribution in [0.1, 0.15) is 20.7 Å². The third kappa shape index (κ3) is 3.84. The van der Waals surface area contributed by atoms with Crippen LogP contribution in [0.25, 0.3) is 0 Å². The van der Waals surface area contributed by atoms with E-state index in [1.54, 1.807) is 29.6 Å². The van der Waals surface area contributed by atoms with Crippen molar-refractivity contribution >= 4 is 45.8 Å². The molecule has 2 rings (SSSR count). The lowest BCUT2D eigenvalue weighted by Gasteiger charge is -2.06. The maximum atomic E-state index is 12.1. The van der Waals surface area contributed by atoms with Crippen LogP contribution in [0.5, 0.6) is 0 Å². The SMILES string of the molecule is COC(=O)NC(=O)c1ccsc1NC(=O)c1ccc(Cl)cc1. The van der Waals surface area contributed by atoms with Crippen LogP contribution in [0.15, 0.2) is 35.7 Å². The molecule has 1 heterocycles. The number of imide groups is 1. The number of amides is 3. The normalized spacial score (nSPS) is 9.91. The Hall–Kier alpha value is -2.38. The van der Waals surface area contributed by atoms with E-state index in [4.69, 9.17) is 11.6 Å². The second kappa shape index (κ2) is 7.06. The van der Waals surface area contributed by atoms with Crippen LogP contribution in [0, 0.1) is 0 Å². The van der Waals surface area contributed by atoms with Crippen molar-refractivity contribution in [1.29, 1.82) is 0 Å². The molecule has 0 atom stereocenters. The van der Waals surface area contributed by atoms with E-state index in [0.717, 1.165) is 7.11 Å². The minimum Gasteiger partial charge on any atom is -0.453 e. The number of hydrogen-bond acceptors (Lipinski definition) is 5. The molecular weight excluding hydrogens is 328 g/mol. The lowest BCUT2D eigenvalue weighted by atomic mass is 10.2. The fraction of sp³-hybridized carbons (Fsp3) is 0.0714. The van der Waals surface area contributed by atoms with Gasteiger partial charge in [0.15, 0.2) is 0 Å². The first-order valence-corrected chi connectivity index (χ1v) is 7.30. The Bertz CT molecular complexity index is 712. The second-order valence-electron chi connectivity index (χ2n) is 4.07. The van der Waals surface area contributed by atoms with E-state index in [9.17, 15) is 14.4 Å². The molecule has 114 valence electrons. The molecule has 2 N–H and O–H groups in total. The van der Waals surface area contributed by atoms with Crippen LogP contribution >= 0.6 is 22.9 Å². The van der Waals surface area contributed by atoms with Crippen LogP contribution in [0.4, 0.5) is 9.80 Å². The van der Waals surface area contributed by atoms with E-state index in [1.165, 1.54) is 17.4 Å². The highest BCUT2D eigenvalue weighted by Crippen LogP contribution is 2.24. The first kappa shape index (κ1) is 16.0. The summed E-state index contributed by atoms with van der Waals surface area (Å²) >= 11 is 6.93. The van der Waals surface area contributed by atoms with Gasteiger partial charge < -0.3 is 10.1 Å². The number of carbonyl (C=O) groups is 3. The molecule has 0 aliphatic carbocycles. The van der Waals surface area contributed by atoms with E-state index >= 15 is 0 Å². The zero-order valence-electron chi connectivity index (χ0n) is 11.4. The Morgan fingerprint density at radius 1 is 1.09 bits per heavy atom. The maximum absolute atomic E-state index is 12.1. The summed E-state index contributed by atoms with van der Waals surface area (Å²) in [4.78, 5) is 35.0. The number of nitrogens with one attached hydrogen (secondary N) is 2. The third-order valence-electron chi connectivity index (χ3n) is 2.64. The van der Waals surface area contributed by atoms with Crippen molar-refractivity contribution in [3.8, 4) is 0 Å². The summed E-state index contributed by atoms with van der Waals surface area (Å²) in [7, 11) is 1.15. The zero-order chi connectivity index (χ0) is 16.1. The lowest BCUT2D eigenvalue weighted by molar-refractivity contribution is 0.0938. The summed E-state index contributed by atoms with van der Waals surface area (Å²) < 4.78 is 4.35. The Labute approximate surface area is 135 Å². The molecule has 6 nitrogen and oxygen atoms in total. The van der Waals surface area contributed by atoms with Gasteiger partial charge in [-0.05, 0) is 35.7 Å². The molecule has 1 aromatic carbocycles. The van der Waals surface area contributed by atoms with Crippen LogP contribution in [-0.2, 0) is 4.74 Å². The van der Waals surface area contributed by atoms with Crippen molar-refractivity contribution in [3.63, 3.8) is 0 Å². The number of halogens is 1. The fourth-order valence-corrected chi connectivity index (χ4v) is 2.48. The number of hydrogen-bond donors (Lipinski definition) is 2. The molecule has 1 aromatic heterocycles. The van der Waals surface area contributed by atoms with Gasteiger partial charge in [-0.1, -0.05) is 11.6 Å². The minimum absolute atomic E-state index is 0.178. The topological polar surface area (TPSA) is 84.5 Å². The molecule has 0 bridgehead atoms. The molecule has 0 saturated carbocycles. The molecule has 0 radical (unpaired) electrons. The largest absolute Gasteiger partial charge is 0.453 e. The van der Waals surface area contributed by atoms with Crippen LogP contribution in [-0.4, -0.2) is 25.0 Å². The van der Waals surface area contributed by atoms with Gasteiger partial charge in [-0.15, -0.1) is 11.3 Å². The highest BCUT2D eigenvalue weighted by Gasteiger charge is 2.18. The Morgan fingerprint density at radius 3 is 2.41 bits per heavy atom. The monoisotopic (exact) mass is 338 g/mol. The van der Waals surface area contributed by atoms with Crippen molar-refractivity contribution in [2.75, 3.05) is 12.4 Å². The Morgan fingerprint density at radius 2 is 1.77 bits per heavy atom. The predicted molar refractivity (Wildman–Crippen MR) is 83.6 cm³/mol.